The summed E-state index contributed by atoms with van der Waals surface area (Å²) in [5, 5.41) is 10.7. The molecule has 2 bridgehead atoms. The molecule has 1 heterocycles. The molecule has 0 aromatic heterocycles. The zero-order chi connectivity index (χ0) is 10.9. The molecular weight excluding hydrogens is 174 g/mol. The molecule has 1 saturated heterocycles. The summed E-state index contributed by atoms with van der Waals surface area (Å²) in [7, 11) is 1.99. The molecule has 6 atom stereocenters. The summed E-state index contributed by atoms with van der Waals surface area (Å²) in [6.07, 6.45) is 1.26. The van der Waals surface area contributed by atoms with Crippen LogP contribution in [0.3, 0.4) is 0 Å². The van der Waals surface area contributed by atoms with Gasteiger partial charge in [0, 0.05) is 17.3 Å². The Hall–Kier alpha value is -0.0800. The van der Waals surface area contributed by atoms with Gasteiger partial charge < -0.3 is 0 Å². The van der Waals surface area contributed by atoms with Crippen molar-refractivity contribution < 1.29 is 9.85 Å². The second kappa shape index (κ2) is 2.35. The Morgan fingerprint density at radius 3 is 2.00 bits per heavy atom. The highest BCUT2D eigenvalue weighted by atomic mass is 16.6. The van der Waals surface area contributed by atoms with Crippen molar-refractivity contribution in [2.75, 3.05) is 7.05 Å². The van der Waals surface area contributed by atoms with E-state index in [0.717, 1.165) is 0 Å². The number of hydroxylamine groups is 3. The number of quaternary nitrogens is 1. The monoisotopic (exact) mass is 198 g/mol. The Kier molecular flexibility index (Phi) is 1.76. The average molecular weight is 198 g/mol. The van der Waals surface area contributed by atoms with Crippen molar-refractivity contribution in [1.82, 2.24) is 0 Å². The topological polar surface area (TPSA) is 20.2 Å². The maximum absolute atomic E-state index is 10.7. The van der Waals surface area contributed by atoms with E-state index in [1.54, 1.807) is 0 Å². The minimum absolute atomic E-state index is 0.0498. The Morgan fingerprint density at radius 2 is 1.71 bits per heavy atom. The Balaban J connectivity index is 2.57. The highest BCUT2D eigenvalue weighted by Gasteiger charge is 2.75. The van der Waals surface area contributed by atoms with Gasteiger partial charge in [0.15, 0.2) is 0 Å². The molecule has 2 heteroatoms. The smallest absolute Gasteiger partial charge is 0.132 e. The molecule has 0 amide bonds. The van der Waals surface area contributed by atoms with Crippen LogP contribution in [0.25, 0.3) is 0 Å². The van der Waals surface area contributed by atoms with Gasteiger partial charge in [-0.15, -0.1) is 0 Å². The number of nitrogens with zero attached hydrogens (tertiary/aromatic N) is 1. The van der Waals surface area contributed by atoms with Crippen molar-refractivity contribution in [3.63, 3.8) is 0 Å². The molecule has 0 aromatic carbocycles. The Bertz CT molecular complexity index is 271. The molecule has 1 aliphatic heterocycles. The summed E-state index contributed by atoms with van der Waals surface area (Å²) in [6, 6.07) is 0.360. The van der Waals surface area contributed by atoms with E-state index in [2.05, 4.69) is 34.6 Å². The first kappa shape index (κ1) is 10.4. The van der Waals surface area contributed by atoms with Gasteiger partial charge in [0.25, 0.3) is 0 Å². The van der Waals surface area contributed by atoms with Crippen LogP contribution in [0.15, 0.2) is 0 Å². The first-order valence-electron chi connectivity index (χ1n) is 5.78. The fraction of sp³-hybridized carbons (Fsp3) is 1.00. The molecule has 0 spiro atoms. The summed E-state index contributed by atoms with van der Waals surface area (Å²) >= 11 is 0. The summed E-state index contributed by atoms with van der Waals surface area (Å²) < 4.78 is 0.214. The van der Waals surface area contributed by atoms with Crippen LogP contribution in [0.4, 0.5) is 0 Å². The lowest BCUT2D eigenvalue weighted by Gasteiger charge is -2.47. The predicted molar refractivity (Wildman–Crippen MR) is 56.9 cm³/mol. The number of piperidine rings is 1. The van der Waals surface area contributed by atoms with E-state index in [9.17, 15) is 5.21 Å². The van der Waals surface area contributed by atoms with E-state index in [4.69, 9.17) is 0 Å². The number of rotatable bonds is 0. The van der Waals surface area contributed by atoms with E-state index in [1.807, 2.05) is 7.05 Å². The highest BCUT2D eigenvalue weighted by Crippen LogP contribution is 2.65. The predicted octanol–water partition coefficient (Wildman–Crippen LogP) is 2.67. The van der Waals surface area contributed by atoms with Crippen molar-refractivity contribution in [2.24, 2.45) is 17.3 Å². The van der Waals surface area contributed by atoms with Gasteiger partial charge >= 0.3 is 0 Å². The lowest BCUT2D eigenvalue weighted by Crippen LogP contribution is -2.63. The molecule has 0 radical (unpaired) electrons. The minimum Gasteiger partial charge on any atom is -0.217 e. The van der Waals surface area contributed by atoms with Crippen molar-refractivity contribution in [2.45, 2.75) is 52.6 Å². The SMILES string of the molecule is CC1CC2(C)C(C)C1(C)[N+](C)(O)C2C. The zero-order valence-corrected chi connectivity index (χ0v) is 10.3. The van der Waals surface area contributed by atoms with Gasteiger partial charge in [-0.25, -0.2) is 5.21 Å². The van der Waals surface area contributed by atoms with E-state index < -0.39 is 0 Å². The number of hydrogen-bond acceptors (Lipinski definition) is 1. The number of likely N-dealkylation sites (tertiary alicyclic amines) is 1. The highest BCUT2D eigenvalue weighted by molar-refractivity contribution is 5.11. The van der Waals surface area contributed by atoms with Gasteiger partial charge in [-0.1, -0.05) is 20.8 Å². The van der Waals surface area contributed by atoms with Crippen molar-refractivity contribution in [3.8, 4) is 0 Å². The third-order valence-electron chi connectivity index (χ3n) is 6.29. The first-order valence-corrected chi connectivity index (χ1v) is 5.78. The van der Waals surface area contributed by atoms with Gasteiger partial charge in [0.1, 0.15) is 11.6 Å². The number of hydrogen-bond donors (Lipinski definition) is 1. The normalized spacial score (nSPS) is 67.5. The lowest BCUT2D eigenvalue weighted by atomic mass is 9.76. The molecule has 82 valence electrons. The lowest BCUT2D eigenvalue weighted by molar-refractivity contribution is -1.14. The summed E-state index contributed by atoms with van der Waals surface area (Å²) in [4.78, 5) is 0. The standard InChI is InChI=1S/C12H24NO/c1-8-7-11(4)9(2)12(8,5)13(6,14)10(11)3/h8-10,14H,7H2,1-6H3/q+1. The molecule has 2 rings (SSSR count). The van der Waals surface area contributed by atoms with Crippen LogP contribution in [0.1, 0.15) is 41.0 Å². The second-order valence-corrected chi connectivity index (χ2v) is 6.26. The summed E-state index contributed by atoms with van der Waals surface area (Å²) in [6.45, 7) is 11.4. The number of fused-ring (bicyclic) bond motifs is 2. The molecule has 2 fully saturated rings. The quantitative estimate of drug-likeness (QED) is 0.593. The molecule has 1 aliphatic carbocycles. The minimum atomic E-state index is 0.0498. The molecule has 2 nitrogen and oxygen atoms in total. The fourth-order valence-corrected chi connectivity index (χ4v) is 4.50. The van der Waals surface area contributed by atoms with E-state index in [0.29, 0.717) is 23.3 Å². The van der Waals surface area contributed by atoms with Gasteiger partial charge in [0.05, 0.1) is 7.05 Å². The summed E-state index contributed by atoms with van der Waals surface area (Å²) in [5.74, 6) is 1.23. The van der Waals surface area contributed by atoms with Crippen LogP contribution in [0.5, 0.6) is 0 Å². The van der Waals surface area contributed by atoms with Gasteiger partial charge in [-0.2, -0.15) is 4.65 Å². The molecule has 1 N–H and O–H groups in total. The van der Waals surface area contributed by atoms with Crippen LogP contribution >= 0.6 is 0 Å². The zero-order valence-electron chi connectivity index (χ0n) is 10.3. The van der Waals surface area contributed by atoms with Crippen molar-refractivity contribution in [1.29, 1.82) is 0 Å². The molecule has 14 heavy (non-hydrogen) atoms. The first-order chi connectivity index (χ1) is 6.19. The van der Waals surface area contributed by atoms with Crippen LogP contribution in [-0.4, -0.2) is 28.5 Å². The van der Waals surface area contributed by atoms with Crippen LogP contribution in [0, 0.1) is 17.3 Å². The van der Waals surface area contributed by atoms with Crippen LogP contribution in [0.2, 0.25) is 0 Å². The van der Waals surface area contributed by atoms with Gasteiger partial charge in [-0.05, 0) is 20.3 Å². The fourth-order valence-electron chi connectivity index (χ4n) is 4.50. The maximum atomic E-state index is 10.7. The van der Waals surface area contributed by atoms with E-state index >= 15 is 0 Å². The van der Waals surface area contributed by atoms with Crippen LogP contribution < -0.4 is 0 Å². The molecular formula is C12H24NO+. The van der Waals surface area contributed by atoms with E-state index in [-0.39, 0.29) is 10.2 Å². The largest absolute Gasteiger partial charge is 0.217 e. The molecule has 2 aliphatic rings. The van der Waals surface area contributed by atoms with Crippen molar-refractivity contribution in [3.05, 3.63) is 0 Å². The second-order valence-electron chi connectivity index (χ2n) is 6.26. The maximum Gasteiger partial charge on any atom is 0.132 e. The Morgan fingerprint density at radius 1 is 1.21 bits per heavy atom. The molecule has 1 saturated carbocycles. The summed E-state index contributed by atoms with van der Waals surface area (Å²) in [5.41, 5.74) is 0.367. The van der Waals surface area contributed by atoms with E-state index in [1.165, 1.54) is 6.42 Å². The third kappa shape index (κ3) is 0.737. The average Bonchev–Trinajstić information content (AvgIpc) is 2.31. The third-order valence-corrected chi connectivity index (χ3v) is 6.29. The Labute approximate surface area is 87.5 Å². The van der Waals surface area contributed by atoms with Gasteiger partial charge in [-0.3, -0.25) is 0 Å². The van der Waals surface area contributed by atoms with Crippen LogP contribution in [-0.2, 0) is 0 Å². The molecule has 6 unspecified atom stereocenters. The molecule has 0 aromatic rings. The van der Waals surface area contributed by atoms with Crippen molar-refractivity contribution >= 4 is 0 Å². The van der Waals surface area contributed by atoms with Gasteiger partial charge in [0.2, 0.25) is 0 Å².